The Labute approximate surface area is 292 Å². The van der Waals surface area contributed by atoms with Crippen molar-refractivity contribution in [2.75, 3.05) is 13.7 Å². The van der Waals surface area contributed by atoms with Crippen molar-refractivity contribution < 1.29 is 57.1 Å². The van der Waals surface area contributed by atoms with E-state index in [1.165, 1.54) is 20.8 Å². The van der Waals surface area contributed by atoms with Gasteiger partial charge in [-0.3, -0.25) is 14.4 Å². The number of rotatable bonds is 14. The number of ether oxygens (including phenoxy) is 8. The molecule has 3 aromatic carbocycles. The summed E-state index contributed by atoms with van der Waals surface area (Å²) in [6.07, 6.45) is -5.80. The van der Waals surface area contributed by atoms with Gasteiger partial charge in [0.05, 0.1) is 29.5 Å². The van der Waals surface area contributed by atoms with Gasteiger partial charge in [-0.1, -0.05) is 48.5 Å². The molecule has 3 aromatic rings. The Hall–Kier alpha value is -4.05. The number of benzene rings is 3. The molecule has 1 saturated heterocycles. The summed E-state index contributed by atoms with van der Waals surface area (Å²) in [5.74, 6) is -1.60. The summed E-state index contributed by atoms with van der Waals surface area (Å²) in [5.41, 5.74) is 2.56. The molecule has 0 spiro atoms. The molecule has 1 aliphatic heterocycles. The topological polar surface area (TPSA) is 142 Å². The van der Waals surface area contributed by atoms with Gasteiger partial charge in [0, 0.05) is 20.8 Å². The van der Waals surface area contributed by atoms with Crippen LogP contribution in [0.5, 0.6) is 5.75 Å². The standard InChI is InChI=1S/C35H37IO12/c1-21(37)42-17-24-10-12-25(13-11-24)18-45-35-33(48-34(40)27-8-6-5-7-9-27)32(44-19-26-14-15-29(41-4)28(36)16-26)31(46-23(3)39)30(47-35)20-43-22(2)38/h5-16,30-33,35H,17-20H2,1-4H3/t30-,31+,32+,33-,35-/m1/s1. The van der Waals surface area contributed by atoms with Crippen LogP contribution in [0.4, 0.5) is 0 Å². The molecule has 48 heavy (non-hydrogen) atoms. The van der Waals surface area contributed by atoms with Gasteiger partial charge in [0.2, 0.25) is 0 Å². The van der Waals surface area contributed by atoms with E-state index in [0.717, 1.165) is 20.3 Å². The highest BCUT2D eigenvalue weighted by molar-refractivity contribution is 14.1. The quantitative estimate of drug-likeness (QED) is 0.125. The van der Waals surface area contributed by atoms with Crippen molar-refractivity contribution in [3.05, 3.63) is 98.6 Å². The minimum atomic E-state index is -1.24. The van der Waals surface area contributed by atoms with Crippen molar-refractivity contribution in [3.63, 3.8) is 0 Å². The van der Waals surface area contributed by atoms with Crippen molar-refractivity contribution in [1.29, 1.82) is 0 Å². The second kappa shape index (κ2) is 17.9. The Morgan fingerprint density at radius 1 is 0.688 bits per heavy atom. The molecule has 13 heteroatoms. The maximum absolute atomic E-state index is 13.4. The van der Waals surface area contributed by atoms with Crippen molar-refractivity contribution in [3.8, 4) is 5.75 Å². The molecule has 0 N–H and O–H groups in total. The first-order valence-electron chi connectivity index (χ1n) is 15.0. The van der Waals surface area contributed by atoms with E-state index in [4.69, 9.17) is 37.9 Å². The number of hydrogen-bond donors (Lipinski definition) is 0. The van der Waals surface area contributed by atoms with Crippen LogP contribution in [0.1, 0.15) is 47.8 Å². The Morgan fingerprint density at radius 3 is 1.92 bits per heavy atom. The highest BCUT2D eigenvalue weighted by atomic mass is 127. The van der Waals surface area contributed by atoms with Crippen molar-refractivity contribution >= 4 is 46.5 Å². The molecule has 5 atom stereocenters. The van der Waals surface area contributed by atoms with Crippen LogP contribution < -0.4 is 4.74 Å². The van der Waals surface area contributed by atoms with Gasteiger partial charge < -0.3 is 37.9 Å². The van der Waals surface area contributed by atoms with Crippen LogP contribution in [0.25, 0.3) is 0 Å². The summed E-state index contributed by atoms with van der Waals surface area (Å²) >= 11 is 2.15. The fraction of sp³-hybridized carbons (Fsp3) is 0.371. The Balaban J connectivity index is 1.66. The second-order valence-corrected chi connectivity index (χ2v) is 12.0. The molecule has 1 fully saturated rings. The van der Waals surface area contributed by atoms with Gasteiger partial charge in [0.15, 0.2) is 18.5 Å². The Kier molecular flexibility index (Phi) is 13.7. The highest BCUT2D eigenvalue weighted by Crippen LogP contribution is 2.32. The first kappa shape index (κ1) is 36.8. The van der Waals surface area contributed by atoms with Crippen LogP contribution in [0.15, 0.2) is 72.8 Å². The molecule has 0 aromatic heterocycles. The minimum Gasteiger partial charge on any atom is -0.496 e. The lowest BCUT2D eigenvalue weighted by Gasteiger charge is -2.44. The smallest absolute Gasteiger partial charge is 0.338 e. The molecule has 0 aliphatic carbocycles. The Bertz CT molecular complexity index is 1540. The van der Waals surface area contributed by atoms with Gasteiger partial charge in [-0.15, -0.1) is 0 Å². The van der Waals surface area contributed by atoms with Gasteiger partial charge in [-0.05, 0) is 63.5 Å². The lowest BCUT2D eigenvalue weighted by atomic mass is 9.97. The second-order valence-electron chi connectivity index (χ2n) is 10.8. The zero-order valence-corrected chi connectivity index (χ0v) is 29.1. The normalized spacial score (nSPS) is 20.3. The molecule has 1 aliphatic rings. The maximum Gasteiger partial charge on any atom is 0.338 e. The van der Waals surface area contributed by atoms with E-state index in [0.29, 0.717) is 5.75 Å². The minimum absolute atomic E-state index is 0.0137. The summed E-state index contributed by atoms with van der Waals surface area (Å²) in [4.78, 5) is 48.8. The van der Waals surface area contributed by atoms with Crippen LogP contribution in [0, 0.1) is 3.57 Å². The van der Waals surface area contributed by atoms with Gasteiger partial charge in [-0.2, -0.15) is 0 Å². The van der Waals surface area contributed by atoms with E-state index in [2.05, 4.69) is 22.6 Å². The molecule has 0 amide bonds. The van der Waals surface area contributed by atoms with Gasteiger partial charge in [-0.25, -0.2) is 4.79 Å². The van der Waals surface area contributed by atoms with Gasteiger partial charge in [0.1, 0.15) is 31.2 Å². The molecule has 256 valence electrons. The monoisotopic (exact) mass is 776 g/mol. The predicted molar refractivity (Wildman–Crippen MR) is 177 cm³/mol. The third kappa shape index (κ3) is 10.7. The van der Waals surface area contributed by atoms with Crippen LogP contribution in [-0.4, -0.2) is 68.3 Å². The summed E-state index contributed by atoms with van der Waals surface area (Å²) in [6, 6.07) is 21.0. The fourth-order valence-electron chi connectivity index (χ4n) is 4.85. The average molecular weight is 777 g/mol. The average Bonchev–Trinajstić information content (AvgIpc) is 3.06. The van der Waals surface area contributed by atoms with Crippen molar-refractivity contribution in [1.82, 2.24) is 0 Å². The van der Waals surface area contributed by atoms with E-state index in [9.17, 15) is 19.2 Å². The molecular formula is C35H37IO12. The van der Waals surface area contributed by atoms with Gasteiger partial charge >= 0.3 is 23.9 Å². The molecule has 0 bridgehead atoms. The fourth-order valence-corrected chi connectivity index (χ4v) is 5.65. The zero-order valence-electron chi connectivity index (χ0n) is 26.9. The number of carbonyl (C=O) groups is 4. The lowest BCUT2D eigenvalue weighted by molar-refractivity contribution is -0.313. The molecule has 12 nitrogen and oxygen atoms in total. The number of carbonyl (C=O) groups excluding carboxylic acids is 4. The lowest BCUT2D eigenvalue weighted by Crippen LogP contribution is -2.62. The van der Waals surface area contributed by atoms with Crippen LogP contribution in [0.3, 0.4) is 0 Å². The third-order valence-corrected chi connectivity index (χ3v) is 7.98. The van der Waals surface area contributed by atoms with Crippen molar-refractivity contribution in [2.45, 2.75) is 71.3 Å². The zero-order chi connectivity index (χ0) is 34.6. The SMILES string of the molecule is COc1ccc(CO[C@H]2[C@@H](OC(C)=O)[C@@H](COC(C)=O)O[C@@H](OCc3ccc(COC(C)=O)cc3)[C@@H]2OC(=O)c2ccccc2)cc1I. The van der Waals surface area contributed by atoms with E-state index >= 15 is 0 Å². The molecule has 1 heterocycles. The predicted octanol–water partition coefficient (Wildman–Crippen LogP) is 4.91. The number of esters is 4. The number of methoxy groups -OCH3 is 1. The van der Waals surface area contributed by atoms with E-state index in [1.54, 1.807) is 67.8 Å². The first-order valence-corrected chi connectivity index (χ1v) is 16.1. The van der Waals surface area contributed by atoms with E-state index < -0.39 is 48.6 Å². The summed E-state index contributed by atoms with van der Waals surface area (Å²) in [5, 5.41) is 0. The molecule has 0 radical (unpaired) electrons. The molecule has 0 unspecified atom stereocenters. The summed E-state index contributed by atoms with van der Waals surface area (Å²) < 4.78 is 47.1. The van der Waals surface area contributed by atoms with Crippen molar-refractivity contribution in [2.24, 2.45) is 0 Å². The van der Waals surface area contributed by atoms with E-state index in [-0.39, 0.29) is 38.0 Å². The molecule has 4 rings (SSSR count). The van der Waals surface area contributed by atoms with Crippen LogP contribution >= 0.6 is 22.6 Å². The first-order chi connectivity index (χ1) is 23.0. The largest absolute Gasteiger partial charge is 0.496 e. The molecule has 0 saturated carbocycles. The number of halogens is 1. The number of hydrogen-bond acceptors (Lipinski definition) is 12. The maximum atomic E-state index is 13.4. The summed E-state index contributed by atoms with van der Waals surface area (Å²) in [7, 11) is 1.58. The van der Waals surface area contributed by atoms with Crippen LogP contribution in [-0.2, 0) is 67.4 Å². The summed E-state index contributed by atoms with van der Waals surface area (Å²) in [6.45, 7) is 3.68. The molecular weight excluding hydrogens is 739 g/mol. The third-order valence-electron chi connectivity index (χ3n) is 7.13. The highest BCUT2D eigenvalue weighted by Gasteiger charge is 2.52. The van der Waals surface area contributed by atoms with Crippen LogP contribution in [0.2, 0.25) is 0 Å². The van der Waals surface area contributed by atoms with E-state index in [1.807, 2.05) is 12.1 Å². The van der Waals surface area contributed by atoms with Gasteiger partial charge in [0.25, 0.3) is 0 Å². The Morgan fingerprint density at radius 2 is 1.31 bits per heavy atom.